The molecule has 1 unspecified atom stereocenters. The number of halogens is 1. The molecule has 0 amide bonds. The lowest BCUT2D eigenvalue weighted by Crippen LogP contribution is -2.16. The highest BCUT2D eigenvalue weighted by atomic mass is 79.9. The van der Waals surface area contributed by atoms with Crippen LogP contribution in [0.25, 0.3) is 0 Å². The molecule has 1 atom stereocenters. The molecule has 1 N–H and O–H groups in total. The standard InChI is InChI=1S/C12H13BrO4/c1-7(12(14)15)4-8-5-10-11(6-9(8)13)17-3-2-16-10/h5-7H,2-4H2,1H3,(H,14,15). The maximum absolute atomic E-state index is 10.8. The van der Waals surface area contributed by atoms with Gasteiger partial charge in [-0.2, -0.15) is 0 Å². The molecule has 1 aromatic rings. The lowest BCUT2D eigenvalue weighted by atomic mass is 10.0. The molecule has 2 rings (SSSR count). The van der Waals surface area contributed by atoms with Crippen LogP contribution in [0.15, 0.2) is 16.6 Å². The van der Waals surface area contributed by atoms with E-state index in [0.717, 1.165) is 10.0 Å². The number of benzene rings is 1. The van der Waals surface area contributed by atoms with Crippen molar-refractivity contribution in [1.82, 2.24) is 0 Å². The van der Waals surface area contributed by atoms with Gasteiger partial charge in [-0.05, 0) is 24.1 Å². The number of carbonyl (C=O) groups is 1. The Morgan fingerprint density at radius 1 is 1.41 bits per heavy atom. The lowest BCUT2D eigenvalue weighted by Gasteiger charge is -2.20. The zero-order valence-electron chi connectivity index (χ0n) is 9.40. The Bertz CT molecular complexity index is 444. The number of carboxylic acids is 1. The minimum atomic E-state index is -0.799. The summed E-state index contributed by atoms with van der Waals surface area (Å²) in [6, 6.07) is 3.68. The molecule has 0 bridgehead atoms. The number of aliphatic carboxylic acids is 1. The third-order valence-corrected chi connectivity index (χ3v) is 3.40. The molecule has 1 aliphatic rings. The van der Waals surface area contributed by atoms with Gasteiger partial charge in [-0.25, -0.2) is 0 Å². The molecule has 0 spiro atoms. The van der Waals surface area contributed by atoms with Crippen LogP contribution >= 0.6 is 15.9 Å². The Labute approximate surface area is 108 Å². The Morgan fingerprint density at radius 2 is 2.00 bits per heavy atom. The Hall–Kier alpha value is -1.23. The second-order valence-electron chi connectivity index (χ2n) is 4.03. The first-order valence-corrected chi connectivity index (χ1v) is 6.18. The summed E-state index contributed by atoms with van der Waals surface area (Å²) < 4.78 is 11.8. The van der Waals surface area contributed by atoms with Crippen LogP contribution in [0.3, 0.4) is 0 Å². The minimum Gasteiger partial charge on any atom is -0.486 e. The molecule has 0 radical (unpaired) electrons. The number of carboxylic acid groups (broad SMARTS) is 1. The number of fused-ring (bicyclic) bond motifs is 1. The van der Waals surface area contributed by atoms with Crippen molar-refractivity contribution in [3.63, 3.8) is 0 Å². The second kappa shape index (κ2) is 4.96. The summed E-state index contributed by atoms with van der Waals surface area (Å²) in [5.74, 6) is 0.169. The van der Waals surface area contributed by atoms with Gasteiger partial charge in [-0.1, -0.05) is 22.9 Å². The van der Waals surface area contributed by atoms with Crippen molar-refractivity contribution in [1.29, 1.82) is 0 Å². The van der Waals surface area contributed by atoms with Crippen molar-refractivity contribution in [3.05, 3.63) is 22.2 Å². The van der Waals surface area contributed by atoms with Gasteiger partial charge in [0.1, 0.15) is 13.2 Å². The van der Waals surface area contributed by atoms with Crippen LogP contribution in [0.4, 0.5) is 0 Å². The fourth-order valence-corrected chi connectivity index (χ4v) is 2.16. The molecule has 0 aliphatic carbocycles. The van der Waals surface area contributed by atoms with Crippen molar-refractivity contribution < 1.29 is 19.4 Å². The topological polar surface area (TPSA) is 55.8 Å². The molecular weight excluding hydrogens is 288 g/mol. The number of hydrogen-bond donors (Lipinski definition) is 1. The predicted molar refractivity (Wildman–Crippen MR) is 65.6 cm³/mol. The molecule has 17 heavy (non-hydrogen) atoms. The lowest BCUT2D eigenvalue weighted by molar-refractivity contribution is -0.141. The molecule has 4 nitrogen and oxygen atoms in total. The highest BCUT2D eigenvalue weighted by Crippen LogP contribution is 2.36. The van der Waals surface area contributed by atoms with Gasteiger partial charge in [0.25, 0.3) is 0 Å². The van der Waals surface area contributed by atoms with Crippen molar-refractivity contribution in [2.75, 3.05) is 13.2 Å². The van der Waals surface area contributed by atoms with Gasteiger partial charge in [-0.3, -0.25) is 4.79 Å². The summed E-state index contributed by atoms with van der Waals surface area (Å²) in [5.41, 5.74) is 0.921. The van der Waals surface area contributed by atoms with Gasteiger partial charge in [0.15, 0.2) is 11.5 Å². The van der Waals surface area contributed by atoms with E-state index < -0.39 is 11.9 Å². The van der Waals surface area contributed by atoms with E-state index in [9.17, 15) is 4.79 Å². The van der Waals surface area contributed by atoms with Crippen LogP contribution in [0, 0.1) is 5.92 Å². The summed E-state index contributed by atoms with van der Waals surface area (Å²) in [6.45, 7) is 2.76. The minimum absolute atomic E-state index is 0.422. The highest BCUT2D eigenvalue weighted by molar-refractivity contribution is 9.10. The van der Waals surface area contributed by atoms with Gasteiger partial charge >= 0.3 is 5.97 Å². The van der Waals surface area contributed by atoms with Gasteiger partial charge in [0.2, 0.25) is 0 Å². The largest absolute Gasteiger partial charge is 0.486 e. The molecule has 0 saturated carbocycles. The monoisotopic (exact) mass is 300 g/mol. The SMILES string of the molecule is CC(Cc1cc2c(cc1Br)OCCO2)C(=O)O. The van der Waals surface area contributed by atoms with Crippen LogP contribution in [0.1, 0.15) is 12.5 Å². The molecule has 0 saturated heterocycles. The maximum atomic E-state index is 10.8. The summed E-state index contributed by atoms with van der Waals surface area (Å²) in [5, 5.41) is 8.90. The first-order valence-electron chi connectivity index (χ1n) is 5.38. The smallest absolute Gasteiger partial charge is 0.306 e. The van der Waals surface area contributed by atoms with Crippen LogP contribution in [0.2, 0.25) is 0 Å². The van der Waals surface area contributed by atoms with Gasteiger partial charge < -0.3 is 14.6 Å². The van der Waals surface area contributed by atoms with E-state index in [1.807, 2.05) is 12.1 Å². The molecular formula is C12H13BrO4. The Balaban J connectivity index is 2.25. The summed E-state index contributed by atoms with van der Waals surface area (Å²) in [7, 11) is 0. The van der Waals surface area contributed by atoms with E-state index in [0.29, 0.717) is 31.1 Å². The zero-order chi connectivity index (χ0) is 12.4. The van der Waals surface area contributed by atoms with E-state index >= 15 is 0 Å². The predicted octanol–water partition coefficient (Wildman–Crippen LogP) is 2.48. The normalized spacial score (nSPS) is 15.4. The fourth-order valence-electron chi connectivity index (χ4n) is 1.68. The summed E-state index contributed by atoms with van der Waals surface area (Å²) in [4.78, 5) is 10.8. The fraction of sp³-hybridized carbons (Fsp3) is 0.417. The maximum Gasteiger partial charge on any atom is 0.306 e. The average Bonchev–Trinajstić information content (AvgIpc) is 2.29. The van der Waals surface area contributed by atoms with Crippen molar-refractivity contribution >= 4 is 21.9 Å². The van der Waals surface area contributed by atoms with Gasteiger partial charge in [-0.15, -0.1) is 0 Å². The molecule has 1 heterocycles. The van der Waals surface area contributed by atoms with Crippen LogP contribution in [-0.4, -0.2) is 24.3 Å². The first kappa shape index (κ1) is 12.2. The Kier molecular flexibility index (Phi) is 3.57. The molecule has 92 valence electrons. The van der Waals surface area contributed by atoms with Crippen molar-refractivity contribution in [3.8, 4) is 11.5 Å². The zero-order valence-corrected chi connectivity index (χ0v) is 11.0. The van der Waals surface area contributed by atoms with Crippen LogP contribution < -0.4 is 9.47 Å². The van der Waals surface area contributed by atoms with Crippen LogP contribution in [0.5, 0.6) is 11.5 Å². The van der Waals surface area contributed by atoms with Gasteiger partial charge in [0, 0.05) is 4.47 Å². The van der Waals surface area contributed by atoms with Crippen molar-refractivity contribution in [2.24, 2.45) is 5.92 Å². The molecule has 1 aliphatic heterocycles. The van der Waals surface area contributed by atoms with Crippen LogP contribution in [-0.2, 0) is 11.2 Å². The highest BCUT2D eigenvalue weighted by Gasteiger charge is 2.18. The van der Waals surface area contributed by atoms with E-state index in [1.165, 1.54) is 0 Å². The number of hydrogen-bond acceptors (Lipinski definition) is 3. The third kappa shape index (κ3) is 2.72. The average molecular weight is 301 g/mol. The third-order valence-electron chi connectivity index (χ3n) is 2.66. The second-order valence-corrected chi connectivity index (χ2v) is 4.89. The molecule has 0 aromatic heterocycles. The first-order chi connectivity index (χ1) is 8.08. The van der Waals surface area contributed by atoms with E-state index in [2.05, 4.69) is 15.9 Å². The summed E-state index contributed by atoms with van der Waals surface area (Å²) >= 11 is 3.42. The van der Waals surface area contributed by atoms with E-state index in [1.54, 1.807) is 6.92 Å². The Morgan fingerprint density at radius 3 is 2.59 bits per heavy atom. The van der Waals surface area contributed by atoms with Gasteiger partial charge in [0.05, 0.1) is 5.92 Å². The molecule has 0 fully saturated rings. The van der Waals surface area contributed by atoms with E-state index in [4.69, 9.17) is 14.6 Å². The quantitative estimate of drug-likeness (QED) is 0.932. The number of ether oxygens (including phenoxy) is 2. The van der Waals surface area contributed by atoms with E-state index in [-0.39, 0.29) is 0 Å². The summed E-state index contributed by atoms with van der Waals surface area (Å²) in [6.07, 6.45) is 0.465. The number of rotatable bonds is 3. The molecule has 5 heteroatoms. The molecule has 1 aromatic carbocycles. The van der Waals surface area contributed by atoms with Crippen molar-refractivity contribution in [2.45, 2.75) is 13.3 Å².